The summed E-state index contributed by atoms with van der Waals surface area (Å²) in [5.41, 5.74) is 1.18. The number of hydrogen-bond donors (Lipinski definition) is 2. The molecule has 0 aliphatic carbocycles. The van der Waals surface area contributed by atoms with E-state index in [0.717, 1.165) is 36.7 Å². The van der Waals surface area contributed by atoms with E-state index >= 15 is 0 Å². The lowest BCUT2D eigenvalue weighted by Crippen LogP contribution is -2.49. The predicted octanol–water partition coefficient (Wildman–Crippen LogP) is 2.65. The summed E-state index contributed by atoms with van der Waals surface area (Å²) in [7, 11) is 0. The van der Waals surface area contributed by atoms with Crippen molar-refractivity contribution in [2.24, 2.45) is 5.92 Å². The molecule has 1 fully saturated rings. The lowest BCUT2D eigenvalue weighted by atomic mass is 9.97. The minimum absolute atomic E-state index is 0.271. The highest BCUT2D eigenvalue weighted by atomic mass is 32.1. The van der Waals surface area contributed by atoms with Crippen LogP contribution in [0, 0.1) is 5.92 Å². The second-order valence-corrected chi connectivity index (χ2v) is 7.60. The fourth-order valence-electron chi connectivity index (χ4n) is 3.31. The van der Waals surface area contributed by atoms with E-state index in [9.17, 15) is 9.59 Å². The molecule has 1 aromatic rings. The Kier molecular flexibility index (Phi) is 5.75. The summed E-state index contributed by atoms with van der Waals surface area (Å²) in [6, 6.07) is 3.13. The molecule has 3 heterocycles. The van der Waals surface area contributed by atoms with Gasteiger partial charge in [-0.05, 0) is 50.2 Å². The molecule has 3 rings (SSSR count). The molecule has 7 heteroatoms. The maximum absolute atomic E-state index is 12.6. The Morgan fingerprint density at radius 2 is 2.16 bits per heavy atom. The highest BCUT2D eigenvalue weighted by Gasteiger charge is 2.35. The van der Waals surface area contributed by atoms with Gasteiger partial charge < -0.3 is 15.4 Å². The third kappa shape index (κ3) is 4.22. The summed E-state index contributed by atoms with van der Waals surface area (Å²) in [5.74, 6) is 0.366. The molecule has 0 aromatic carbocycles. The molecule has 136 valence electrons. The summed E-state index contributed by atoms with van der Waals surface area (Å²) in [6.45, 7) is 6.89. The minimum atomic E-state index is -0.452. The van der Waals surface area contributed by atoms with Gasteiger partial charge in [0.2, 0.25) is 0 Å². The molecular weight excluding hydrogens is 338 g/mol. The van der Waals surface area contributed by atoms with E-state index in [0.29, 0.717) is 24.4 Å². The second kappa shape index (κ2) is 8.01. The molecule has 2 aliphatic heterocycles. The first kappa shape index (κ1) is 17.9. The minimum Gasteiger partial charge on any atom is -0.463 e. The highest BCUT2D eigenvalue weighted by molar-refractivity contribution is 7.10. The predicted molar refractivity (Wildman–Crippen MR) is 97.2 cm³/mol. The Morgan fingerprint density at radius 3 is 2.80 bits per heavy atom. The largest absolute Gasteiger partial charge is 0.463 e. The van der Waals surface area contributed by atoms with E-state index in [4.69, 9.17) is 4.74 Å². The van der Waals surface area contributed by atoms with Gasteiger partial charge >= 0.3 is 12.0 Å². The zero-order valence-corrected chi connectivity index (χ0v) is 15.5. The molecular formula is C18H25N3O3S. The number of nitrogens with one attached hydrogen (secondary N) is 2. The van der Waals surface area contributed by atoms with Crippen LogP contribution in [0.3, 0.4) is 0 Å². The molecule has 0 radical (unpaired) electrons. The Bertz CT molecular complexity index is 649. The molecule has 1 aromatic heterocycles. The SMILES string of the molecule is CCOC(=O)C1=C(CN2CCC(C)CC2)NC(=O)NC1c1cccs1. The van der Waals surface area contributed by atoms with E-state index in [-0.39, 0.29) is 12.0 Å². The first-order valence-electron chi connectivity index (χ1n) is 8.82. The fraction of sp³-hybridized carbons (Fsp3) is 0.556. The first-order chi connectivity index (χ1) is 12.1. The second-order valence-electron chi connectivity index (χ2n) is 6.62. The van der Waals surface area contributed by atoms with Crippen LogP contribution in [0.1, 0.15) is 37.6 Å². The van der Waals surface area contributed by atoms with E-state index < -0.39 is 6.04 Å². The topological polar surface area (TPSA) is 70.7 Å². The maximum Gasteiger partial charge on any atom is 0.338 e. The zero-order valence-electron chi connectivity index (χ0n) is 14.7. The van der Waals surface area contributed by atoms with Gasteiger partial charge in [-0.1, -0.05) is 13.0 Å². The maximum atomic E-state index is 12.6. The van der Waals surface area contributed by atoms with Crippen molar-refractivity contribution in [1.82, 2.24) is 15.5 Å². The van der Waals surface area contributed by atoms with Crippen molar-refractivity contribution in [1.29, 1.82) is 0 Å². The van der Waals surface area contributed by atoms with Gasteiger partial charge in [0.15, 0.2) is 0 Å². The molecule has 2 amide bonds. The number of urea groups is 1. The molecule has 0 saturated carbocycles. The molecule has 2 N–H and O–H groups in total. The Labute approximate surface area is 152 Å². The van der Waals surface area contributed by atoms with Gasteiger partial charge in [-0.25, -0.2) is 9.59 Å². The monoisotopic (exact) mass is 363 g/mol. The fourth-order valence-corrected chi connectivity index (χ4v) is 4.09. The van der Waals surface area contributed by atoms with Gasteiger partial charge in [0.1, 0.15) is 0 Å². The van der Waals surface area contributed by atoms with Gasteiger partial charge in [0.25, 0.3) is 0 Å². The Morgan fingerprint density at radius 1 is 1.40 bits per heavy atom. The smallest absolute Gasteiger partial charge is 0.338 e. The summed E-state index contributed by atoms with van der Waals surface area (Å²) in [4.78, 5) is 28.0. The van der Waals surface area contributed by atoms with Crippen LogP contribution in [0.2, 0.25) is 0 Å². The lowest BCUT2D eigenvalue weighted by Gasteiger charge is -2.34. The molecule has 6 nitrogen and oxygen atoms in total. The number of likely N-dealkylation sites (tertiary alicyclic amines) is 1. The summed E-state index contributed by atoms with van der Waals surface area (Å²) < 4.78 is 5.28. The van der Waals surface area contributed by atoms with Crippen molar-refractivity contribution in [2.75, 3.05) is 26.2 Å². The van der Waals surface area contributed by atoms with Crippen molar-refractivity contribution >= 4 is 23.3 Å². The third-order valence-corrected chi connectivity index (χ3v) is 5.67. The van der Waals surface area contributed by atoms with Gasteiger partial charge in [0, 0.05) is 17.1 Å². The molecule has 1 unspecified atom stereocenters. The van der Waals surface area contributed by atoms with Crippen molar-refractivity contribution in [3.63, 3.8) is 0 Å². The number of rotatable bonds is 5. The number of carbonyl (C=O) groups is 2. The van der Waals surface area contributed by atoms with Crippen molar-refractivity contribution < 1.29 is 14.3 Å². The number of carbonyl (C=O) groups excluding carboxylic acids is 2. The number of nitrogens with zero attached hydrogens (tertiary/aromatic N) is 1. The van der Waals surface area contributed by atoms with Crippen LogP contribution in [0.5, 0.6) is 0 Å². The highest BCUT2D eigenvalue weighted by Crippen LogP contribution is 2.31. The number of amides is 2. The zero-order chi connectivity index (χ0) is 17.8. The molecule has 0 bridgehead atoms. The summed E-state index contributed by atoms with van der Waals surface area (Å²) >= 11 is 1.52. The Hall–Kier alpha value is -1.86. The average Bonchev–Trinajstić information content (AvgIpc) is 3.11. The normalized spacial score (nSPS) is 22.5. The molecule has 2 aliphatic rings. The Balaban J connectivity index is 1.90. The van der Waals surface area contributed by atoms with Crippen LogP contribution in [0.25, 0.3) is 0 Å². The number of esters is 1. The van der Waals surface area contributed by atoms with E-state index in [2.05, 4.69) is 22.5 Å². The van der Waals surface area contributed by atoms with Crippen molar-refractivity contribution in [3.05, 3.63) is 33.7 Å². The van der Waals surface area contributed by atoms with E-state index in [1.165, 1.54) is 11.3 Å². The van der Waals surface area contributed by atoms with Gasteiger partial charge in [0.05, 0.1) is 18.2 Å². The van der Waals surface area contributed by atoms with Crippen LogP contribution in [0.15, 0.2) is 28.8 Å². The van der Waals surface area contributed by atoms with E-state index in [1.807, 2.05) is 17.5 Å². The standard InChI is InChI=1S/C18H25N3O3S/c1-3-24-17(22)15-13(11-21-8-6-12(2)7-9-21)19-18(23)20-16(15)14-5-4-10-25-14/h4-5,10,12,16H,3,6-9,11H2,1-2H3,(H2,19,20,23). The van der Waals surface area contributed by atoms with Crippen LogP contribution in [-0.4, -0.2) is 43.1 Å². The first-order valence-corrected chi connectivity index (χ1v) is 9.70. The van der Waals surface area contributed by atoms with Gasteiger partial charge in [-0.15, -0.1) is 11.3 Å². The van der Waals surface area contributed by atoms with Crippen LogP contribution < -0.4 is 10.6 Å². The van der Waals surface area contributed by atoms with Crippen LogP contribution in [-0.2, 0) is 9.53 Å². The van der Waals surface area contributed by atoms with Crippen molar-refractivity contribution in [3.8, 4) is 0 Å². The number of piperidine rings is 1. The van der Waals surface area contributed by atoms with Gasteiger partial charge in [-0.3, -0.25) is 4.90 Å². The number of hydrogen-bond acceptors (Lipinski definition) is 5. The van der Waals surface area contributed by atoms with Crippen LogP contribution in [0.4, 0.5) is 4.79 Å². The quantitative estimate of drug-likeness (QED) is 0.789. The van der Waals surface area contributed by atoms with Crippen LogP contribution >= 0.6 is 11.3 Å². The third-order valence-electron chi connectivity index (χ3n) is 4.73. The average molecular weight is 363 g/mol. The molecule has 1 saturated heterocycles. The molecule has 25 heavy (non-hydrogen) atoms. The number of ether oxygens (including phenoxy) is 1. The summed E-state index contributed by atoms with van der Waals surface area (Å²) in [6.07, 6.45) is 2.28. The molecule has 0 spiro atoms. The number of thiophene rings is 1. The molecule has 1 atom stereocenters. The van der Waals surface area contributed by atoms with Gasteiger partial charge in [-0.2, -0.15) is 0 Å². The van der Waals surface area contributed by atoms with E-state index in [1.54, 1.807) is 6.92 Å². The summed E-state index contributed by atoms with van der Waals surface area (Å²) in [5, 5.41) is 7.66. The van der Waals surface area contributed by atoms with Crippen molar-refractivity contribution in [2.45, 2.75) is 32.7 Å². The lowest BCUT2D eigenvalue weighted by molar-refractivity contribution is -0.139.